The van der Waals surface area contributed by atoms with E-state index in [0.29, 0.717) is 19.6 Å². The second-order valence-electron chi connectivity index (χ2n) is 3.13. The molecular weight excluding hydrogens is 166 g/mol. The Labute approximate surface area is 80.6 Å². The van der Waals surface area contributed by atoms with Crippen LogP contribution in [0.25, 0.3) is 0 Å². The van der Waals surface area contributed by atoms with Gasteiger partial charge in [-0.05, 0) is 19.3 Å². The van der Waals surface area contributed by atoms with Crippen LogP contribution in [0.1, 0.15) is 45.4 Å². The molecule has 3 nitrogen and oxygen atoms in total. The second-order valence-corrected chi connectivity index (χ2v) is 3.13. The third kappa shape index (κ3) is 9.34. The smallest absolute Gasteiger partial charge is 0.305 e. The van der Waals surface area contributed by atoms with Crippen LogP contribution >= 0.6 is 0 Å². The van der Waals surface area contributed by atoms with E-state index in [9.17, 15) is 4.79 Å². The molecule has 0 amide bonds. The summed E-state index contributed by atoms with van der Waals surface area (Å²) in [6.45, 7) is 3.10. The molecule has 0 heterocycles. The van der Waals surface area contributed by atoms with Gasteiger partial charge in [-0.1, -0.05) is 19.8 Å². The highest BCUT2D eigenvalue weighted by molar-refractivity contribution is 5.69. The third-order valence-electron chi connectivity index (χ3n) is 1.82. The van der Waals surface area contributed by atoms with Crippen LogP contribution in [0.2, 0.25) is 0 Å². The van der Waals surface area contributed by atoms with Crippen LogP contribution in [0.15, 0.2) is 0 Å². The van der Waals surface area contributed by atoms with E-state index in [-0.39, 0.29) is 5.97 Å². The second kappa shape index (κ2) is 9.52. The Bertz CT molecular complexity index is 126. The van der Waals surface area contributed by atoms with Crippen LogP contribution in [-0.2, 0) is 9.53 Å². The van der Waals surface area contributed by atoms with Gasteiger partial charge in [0, 0.05) is 13.0 Å². The van der Waals surface area contributed by atoms with Crippen molar-refractivity contribution in [1.29, 1.82) is 0 Å². The molecule has 0 aliphatic rings. The first-order valence-corrected chi connectivity index (χ1v) is 5.11. The zero-order valence-electron chi connectivity index (χ0n) is 8.47. The summed E-state index contributed by atoms with van der Waals surface area (Å²) in [5.74, 6) is -0.0848. The van der Waals surface area contributed by atoms with Gasteiger partial charge in [0.1, 0.15) is 0 Å². The first-order chi connectivity index (χ1) is 6.31. The normalized spacial score (nSPS) is 10.0. The zero-order chi connectivity index (χ0) is 9.94. The summed E-state index contributed by atoms with van der Waals surface area (Å²) in [7, 11) is 0. The predicted octanol–water partition coefficient (Wildman–Crippen LogP) is 2.17. The molecular formula is C10H20NO2. The number of rotatable bonds is 8. The molecule has 77 valence electrons. The lowest BCUT2D eigenvalue weighted by molar-refractivity contribution is -0.143. The van der Waals surface area contributed by atoms with Crippen molar-refractivity contribution < 1.29 is 9.53 Å². The summed E-state index contributed by atoms with van der Waals surface area (Å²) in [6, 6.07) is 0. The molecule has 0 bridgehead atoms. The number of carbonyl (C=O) groups excluding carboxylic acids is 1. The average Bonchev–Trinajstić information content (AvgIpc) is 2.13. The van der Waals surface area contributed by atoms with E-state index in [1.807, 2.05) is 0 Å². The van der Waals surface area contributed by atoms with Crippen molar-refractivity contribution in [3.8, 4) is 0 Å². The van der Waals surface area contributed by atoms with Crippen molar-refractivity contribution >= 4 is 5.97 Å². The molecule has 0 aromatic carbocycles. The number of hydrogen-bond donors (Lipinski definition) is 0. The van der Waals surface area contributed by atoms with Crippen molar-refractivity contribution in [1.82, 2.24) is 5.73 Å². The third-order valence-corrected chi connectivity index (χ3v) is 1.82. The van der Waals surface area contributed by atoms with Crippen LogP contribution < -0.4 is 5.73 Å². The van der Waals surface area contributed by atoms with E-state index in [4.69, 9.17) is 10.5 Å². The van der Waals surface area contributed by atoms with Crippen LogP contribution in [0.4, 0.5) is 0 Å². The topological polar surface area (TPSA) is 50.1 Å². The minimum atomic E-state index is -0.0848. The molecule has 3 heteroatoms. The van der Waals surface area contributed by atoms with E-state index in [1.165, 1.54) is 0 Å². The van der Waals surface area contributed by atoms with Crippen LogP contribution in [0.5, 0.6) is 0 Å². The van der Waals surface area contributed by atoms with Crippen LogP contribution in [0, 0.1) is 0 Å². The Morgan fingerprint density at radius 1 is 1.23 bits per heavy atom. The van der Waals surface area contributed by atoms with Crippen molar-refractivity contribution in [2.75, 3.05) is 13.2 Å². The SMILES string of the molecule is CCCCOC(=O)CCCCC[NH]. The molecule has 0 aromatic rings. The number of esters is 1. The van der Waals surface area contributed by atoms with E-state index < -0.39 is 0 Å². The molecule has 0 saturated heterocycles. The van der Waals surface area contributed by atoms with Gasteiger partial charge in [-0.15, -0.1) is 0 Å². The largest absolute Gasteiger partial charge is 0.466 e. The lowest BCUT2D eigenvalue weighted by atomic mass is 10.2. The molecule has 13 heavy (non-hydrogen) atoms. The summed E-state index contributed by atoms with van der Waals surface area (Å²) in [6.07, 6.45) is 5.26. The molecule has 0 saturated carbocycles. The lowest BCUT2D eigenvalue weighted by Crippen LogP contribution is -2.05. The van der Waals surface area contributed by atoms with Crippen molar-refractivity contribution in [2.45, 2.75) is 45.4 Å². The van der Waals surface area contributed by atoms with Crippen molar-refractivity contribution in [3.05, 3.63) is 0 Å². The van der Waals surface area contributed by atoms with Gasteiger partial charge in [-0.2, -0.15) is 0 Å². The Balaban J connectivity index is 3.11. The molecule has 0 rings (SSSR count). The highest BCUT2D eigenvalue weighted by Gasteiger charge is 2.00. The van der Waals surface area contributed by atoms with Gasteiger partial charge in [0.15, 0.2) is 0 Å². The Morgan fingerprint density at radius 2 is 2.00 bits per heavy atom. The zero-order valence-corrected chi connectivity index (χ0v) is 8.47. The molecule has 0 spiro atoms. The van der Waals surface area contributed by atoms with Gasteiger partial charge in [0.05, 0.1) is 6.61 Å². The van der Waals surface area contributed by atoms with Crippen molar-refractivity contribution in [3.63, 3.8) is 0 Å². The standard InChI is InChI=1S/C10H20NO2/c1-2-3-9-13-10(12)7-5-4-6-8-11/h11H,2-9H2,1H3. The van der Waals surface area contributed by atoms with Crippen LogP contribution in [-0.4, -0.2) is 19.1 Å². The first kappa shape index (κ1) is 12.4. The molecule has 0 atom stereocenters. The van der Waals surface area contributed by atoms with Crippen molar-refractivity contribution in [2.24, 2.45) is 0 Å². The summed E-state index contributed by atoms with van der Waals surface area (Å²) >= 11 is 0. The molecule has 0 aromatic heterocycles. The number of ether oxygens (including phenoxy) is 1. The van der Waals surface area contributed by atoms with Crippen LogP contribution in [0.3, 0.4) is 0 Å². The van der Waals surface area contributed by atoms with E-state index in [2.05, 4.69) is 6.92 Å². The number of nitrogens with one attached hydrogen (secondary N) is 1. The van der Waals surface area contributed by atoms with Gasteiger partial charge in [0.2, 0.25) is 0 Å². The molecule has 0 fully saturated rings. The van der Waals surface area contributed by atoms with Gasteiger partial charge in [-0.25, -0.2) is 0 Å². The number of unbranched alkanes of at least 4 members (excludes halogenated alkanes) is 3. The summed E-state index contributed by atoms with van der Waals surface area (Å²) < 4.78 is 4.98. The van der Waals surface area contributed by atoms with Gasteiger partial charge in [-0.3, -0.25) is 10.5 Å². The fraction of sp³-hybridized carbons (Fsp3) is 0.900. The quantitative estimate of drug-likeness (QED) is 0.431. The number of carbonyl (C=O) groups is 1. The highest BCUT2D eigenvalue weighted by atomic mass is 16.5. The number of hydrogen-bond acceptors (Lipinski definition) is 2. The van der Waals surface area contributed by atoms with Gasteiger partial charge < -0.3 is 4.74 Å². The summed E-state index contributed by atoms with van der Waals surface area (Å²) in [4.78, 5) is 11.0. The van der Waals surface area contributed by atoms with Gasteiger partial charge in [0.25, 0.3) is 0 Å². The molecule has 1 N–H and O–H groups in total. The fourth-order valence-electron chi connectivity index (χ4n) is 0.974. The van der Waals surface area contributed by atoms with E-state index in [1.54, 1.807) is 0 Å². The molecule has 0 unspecified atom stereocenters. The fourth-order valence-corrected chi connectivity index (χ4v) is 0.974. The maximum absolute atomic E-state index is 11.0. The Kier molecular flexibility index (Phi) is 9.10. The molecule has 0 aliphatic heterocycles. The van der Waals surface area contributed by atoms with Gasteiger partial charge >= 0.3 is 5.97 Å². The summed E-state index contributed by atoms with van der Waals surface area (Å²) in [5.41, 5.74) is 6.91. The minimum Gasteiger partial charge on any atom is -0.466 e. The Morgan fingerprint density at radius 3 is 2.62 bits per heavy atom. The highest BCUT2D eigenvalue weighted by Crippen LogP contribution is 2.01. The Hall–Kier alpha value is -0.570. The first-order valence-electron chi connectivity index (χ1n) is 5.11. The maximum atomic E-state index is 11.0. The lowest BCUT2D eigenvalue weighted by Gasteiger charge is -2.02. The maximum Gasteiger partial charge on any atom is 0.305 e. The van der Waals surface area contributed by atoms with E-state index in [0.717, 1.165) is 32.1 Å². The molecule has 1 radical (unpaired) electrons. The monoisotopic (exact) mass is 186 g/mol. The average molecular weight is 186 g/mol. The minimum absolute atomic E-state index is 0.0848. The summed E-state index contributed by atoms with van der Waals surface area (Å²) in [5, 5.41) is 0. The predicted molar refractivity (Wildman–Crippen MR) is 52.3 cm³/mol. The molecule has 0 aliphatic carbocycles. The van der Waals surface area contributed by atoms with E-state index >= 15 is 0 Å².